The highest BCUT2D eigenvalue weighted by atomic mass is 19.4. The van der Waals surface area contributed by atoms with E-state index in [9.17, 15) is 28.2 Å². The molecule has 1 heterocycles. The predicted octanol–water partition coefficient (Wildman–Crippen LogP) is 6.14. The number of carbonyl (C=O) groups is 2. The van der Waals surface area contributed by atoms with Crippen molar-refractivity contribution >= 4 is 11.9 Å². The molecular weight excluding hydrogens is 553 g/mol. The minimum Gasteiger partial charge on any atom is -0.475 e. The first kappa shape index (κ1) is 32.0. The van der Waals surface area contributed by atoms with Crippen molar-refractivity contribution in [3.05, 3.63) is 0 Å². The second-order valence-corrected chi connectivity index (χ2v) is 15.8. The molecule has 3 N–H and O–H groups in total. The van der Waals surface area contributed by atoms with Crippen LogP contribution >= 0.6 is 0 Å². The van der Waals surface area contributed by atoms with E-state index in [1.165, 1.54) is 45.4 Å². The van der Waals surface area contributed by atoms with Gasteiger partial charge in [0.25, 0.3) is 0 Å². The molecule has 242 valence electrons. The van der Waals surface area contributed by atoms with Gasteiger partial charge < -0.3 is 24.8 Å². The Morgan fingerprint density at radius 1 is 0.952 bits per heavy atom. The van der Waals surface area contributed by atoms with Gasteiger partial charge in [0.15, 0.2) is 6.10 Å². The lowest BCUT2D eigenvalue weighted by atomic mass is 9.46. The molecule has 42 heavy (non-hydrogen) atoms. The van der Waals surface area contributed by atoms with Crippen LogP contribution in [-0.2, 0) is 19.1 Å². The van der Waals surface area contributed by atoms with E-state index in [2.05, 4.69) is 20.8 Å². The van der Waals surface area contributed by atoms with E-state index < -0.39 is 23.9 Å². The molecule has 2 spiro atoms. The monoisotopic (exact) mass is 604 g/mol. The molecular formula is C32H51F3O7. The second-order valence-electron chi connectivity index (χ2n) is 15.8. The van der Waals surface area contributed by atoms with Crippen LogP contribution in [0.15, 0.2) is 0 Å². The molecule has 0 aromatic rings. The largest absolute Gasteiger partial charge is 0.490 e. The van der Waals surface area contributed by atoms with Crippen LogP contribution in [0.5, 0.6) is 0 Å². The summed E-state index contributed by atoms with van der Waals surface area (Å²) in [6.07, 6.45) is 6.02. The van der Waals surface area contributed by atoms with E-state index in [0.29, 0.717) is 34.0 Å². The van der Waals surface area contributed by atoms with Crippen molar-refractivity contribution in [1.29, 1.82) is 0 Å². The standard InChI is InChI=1S/C30H48O5.C2HF3O2.H2/c1-17(31)34-25(27(4,5)33)21-9-7-19-22(35-21)15-20-18-8-10-23-26(2,3)24(32)11-12-30(23)16-29(18,30)14-13-28(19,20)6;3-2(4,5)1(6)7;/h18-25,32-33H,7-16H2,1-6H3;(H,6,7);1H/t18?,19?,20?,21?,22?,23?,24-,25-,28?,29-,30?;;/m0../s1. The summed E-state index contributed by atoms with van der Waals surface area (Å²) in [5.74, 6) is -0.386. The first-order valence-electron chi connectivity index (χ1n) is 15.7. The maximum absolute atomic E-state index is 11.8. The number of carboxylic acids is 1. The van der Waals surface area contributed by atoms with Crippen LogP contribution in [0.4, 0.5) is 13.2 Å². The third-order valence-electron chi connectivity index (χ3n) is 13.2. The molecule has 7 nitrogen and oxygen atoms in total. The third kappa shape index (κ3) is 4.81. The molecule has 11 atom stereocenters. The van der Waals surface area contributed by atoms with Gasteiger partial charge >= 0.3 is 18.1 Å². The molecule has 0 aromatic carbocycles. The zero-order valence-electron chi connectivity index (χ0n) is 25.8. The molecule has 1 saturated heterocycles. The molecule has 5 aliphatic carbocycles. The summed E-state index contributed by atoms with van der Waals surface area (Å²) in [4.78, 5) is 20.7. The highest BCUT2D eigenvalue weighted by Gasteiger charge is 2.80. The lowest BCUT2D eigenvalue weighted by Gasteiger charge is -2.59. The number of aliphatic hydroxyl groups is 2. The Balaban J connectivity index is 0.000000475. The Labute approximate surface area is 248 Å². The van der Waals surface area contributed by atoms with Crippen LogP contribution in [0.1, 0.15) is 107 Å². The van der Waals surface area contributed by atoms with Crippen molar-refractivity contribution in [3.8, 4) is 0 Å². The number of aliphatic hydroxyl groups excluding tert-OH is 1. The molecule has 0 aromatic heterocycles. The summed E-state index contributed by atoms with van der Waals surface area (Å²) in [6.45, 7) is 12.1. The summed E-state index contributed by atoms with van der Waals surface area (Å²) >= 11 is 0. The number of alkyl halides is 3. The van der Waals surface area contributed by atoms with Crippen molar-refractivity contribution in [2.45, 2.75) is 142 Å². The fourth-order valence-corrected chi connectivity index (χ4v) is 11.3. The second kappa shape index (κ2) is 10.1. The fraction of sp³-hybridized carbons (Fsp3) is 0.938. The Hall–Kier alpha value is -1.39. The first-order chi connectivity index (χ1) is 19.2. The molecule has 6 fully saturated rings. The van der Waals surface area contributed by atoms with E-state index in [-0.39, 0.29) is 31.1 Å². The van der Waals surface area contributed by atoms with Crippen molar-refractivity contribution in [1.82, 2.24) is 0 Å². The number of hydrogen-bond donors (Lipinski definition) is 3. The number of ether oxygens (including phenoxy) is 2. The van der Waals surface area contributed by atoms with Crippen LogP contribution in [0.3, 0.4) is 0 Å². The van der Waals surface area contributed by atoms with E-state index >= 15 is 0 Å². The van der Waals surface area contributed by atoms with Gasteiger partial charge in [0.1, 0.15) is 0 Å². The number of halogens is 3. The maximum Gasteiger partial charge on any atom is 0.490 e. The van der Waals surface area contributed by atoms with Gasteiger partial charge in [-0.2, -0.15) is 13.2 Å². The van der Waals surface area contributed by atoms with Gasteiger partial charge in [-0.15, -0.1) is 0 Å². The predicted molar refractivity (Wildman–Crippen MR) is 149 cm³/mol. The summed E-state index contributed by atoms with van der Waals surface area (Å²) in [6, 6.07) is 0. The highest BCUT2D eigenvalue weighted by Crippen LogP contribution is 2.87. The lowest BCUT2D eigenvalue weighted by Crippen LogP contribution is -2.54. The zero-order valence-corrected chi connectivity index (χ0v) is 25.8. The molecule has 10 heteroatoms. The number of rotatable bonds is 3. The molecule has 6 rings (SSSR count). The quantitative estimate of drug-likeness (QED) is 0.332. The number of carbonyl (C=O) groups excluding carboxylic acids is 1. The number of carboxylic acid groups (broad SMARTS) is 1. The summed E-state index contributed by atoms with van der Waals surface area (Å²) in [5, 5.41) is 28.7. The van der Waals surface area contributed by atoms with Crippen molar-refractivity contribution in [2.75, 3.05) is 0 Å². The smallest absolute Gasteiger partial charge is 0.475 e. The molecule has 5 saturated carbocycles. The van der Waals surface area contributed by atoms with Gasteiger partial charge in [-0.25, -0.2) is 4.79 Å². The fourth-order valence-electron chi connectivity index (χ4n) is 11.3. The number of esters is 1. The molecule has 0 bridgehead atoms. The van der Waals surface area contributed by atoms with Crippen LogP contribution in [-0.4, -0.2) is 63.5 Å². The highest BCUT2D eigenvalue weighted by molar-refractivity contribution is 5.73. The van der Waals surface area contributed by atoms with Crippen molar-refractivity contribution in [2.24, 2.45) is 45.3 Å². The Morgan fingerprint density at radius 2 is 1.57 bits per heavy atom. The van der Waals surface area contributed by atoms with E-state index in [1.54, 1.807) is 13.8 Å². The SMILES string of the molecule is CC(=O)O[C@@H](C1CCC2C(CC3C4CCC5C(C)(C)[C@@H](O)CCC56C[C@@]46CCC23C)O1)C(C)(C)O.O=C(O)C(F)(F)F.[HH]. The third-order valence-corrected chi connectivity index (χ3v) is 13.2. The summed E-state index contributed by atoms with van der Waals surface area (Å²) < 4.78 is 44.1. The molecule has 6 aliphatic rings. The van der Waals surface area contributed by atoms with Gasteiger partial charge in [-0.3, -0.25) is 4.79 Å². The summed E-state index contributed by atoms with van der Waals surface area (Å²) in [7, 11) is 0. The molecule has 1 aliphatic heterocycles. The minimum absolute atomic E-state index is 0. The topological polar surface area (TPSA) is 113 Å². The minimum atomic E-state index is -5.08. The Bertz CT molecular complexity index is 1090. The van der Waals surface area contributed by atoms with Gasteiger partial charge in [-0.05, 0) is 123 Å². The number of hydrogen-bond acceptors (Lipinski definition) is 6. The normalized spacial score (nSPS) is 45.8. The number of aliphatic carboxylic acids is 1. The molecule has 0 radical (unpaired) electrons. The van der Waals surface area contributed by atoms with E-state index in [1.807, 2.05) is 0 Å². The van der Waals surface area contributed by atoms with Gasteiger partial charge in [0, 0.05) is 8.35 Å². The molecule has 8 unspecified atom stereocenters. The number of fused-ring (bicyclic) bond motifs is 4. The van der Waals surface area contributed by atoms with Crippen molar-refractivity contribution < 1.29 is 49.0 Å². The van der Waals surface area contributed by atoms with Gasteiger partial charge in [0.2, 0.25) is 0 Å². The first-order valence-corrected chi connectivity index (χ1v) is 15.7. The average molecular weight is 605 g/mol. The lowest BCUT2D eigenvalue weighted by molar-refractivity contribution is -0.200. The van der Waals surface area contributed by atoms with Gasteiger partial charge in [0.05, 0.1) is 23.9 Å². The average Bonchev–Trinajstić information content (AvgIpc) is 3.44. The van der Waals surface area contributed by atoms with E-state index in [4.69, 9.17) is 19.4 Å². The summed E-state index contributed by atoms with van der Waals surface area (Å²) in [5.41, 5.74) is 0.212. The van der Waals surface area contributed by atoms with Crippen molar-refractivity contribution in [3.63, 3.8) is 0 Å². The van der Waals surface area contributed by atoms with Crippen LogP contribution in [0.25, 0.3) is 0 Å². The van der Waals surface area contributed by atoms with E-state index in [0.717, 1.165) is 31.6 Å². The van der Waals surface area contributed by atoms with Crippen LogP contribution in [0.2, 0.25) is 0 Å². The Kier molecular flexibility index (Phi) is 7.67. The van der Waals surface area contributed by atoms with Gasteiger partial charge in [-0.1, -0.05) is 20.8 Å². The zero-order chi connectivity index (χ0) is 31.3. The van der Waals surface area contributed by atoms with Crippen LogP contribution in [0, 0.1) is 45.3 Å². The molecule has 0 amide bonds. The van der Waals surface area contributed by atoms with Crippen LogP contribution < -0.4 is 0 Å². The Morgan fingerprint density at radius 3 is 2.14 bits per heavy atom. The maximum atomic E-state index is 11.8.